The van der Waals surface area contributed by atoms with Crippen molar-refractivity contribution < 1.29 is 9.47 Å². The highest BCUT2D eigenvalue weighted by molar-refractivity contribution is 5.80. The molecule has 18 heavy (non-hydrogen) atoms. The van der Waals surface area contributed by atoms with Crippen LogP contribution in [0.25, 0.3) is 0 Å². The fourth-order valence-electron chi connectivity index (χ4n) is 1.83. The Morgan fingerprint density at radius 1 is 1.33 bits per heavy atom. The van der Waals surface area contributed by atoms with Gasteiger partial charge in [0.1, 0.15) is 11.5 Å². The Balaban J connectivity index is 2.01. The molecule has 0 saturated heterocycles. The van der Waals surface area contributed by atoms with Crippen molar-refractivity contribution in [1.82, 2.24) is 10.6 Å². The van der Waals surface area contributed by atoms with E-state index in [2.05, 4.69) is 15.6 Å². The quantitative estimate of drug-likeness (QED) is 0.840. The lowest BCUT2D eigenvalue weighted by Crippen LogP contribution is -2.40. The van der Waals surface area contributed by atoms with Crippen LogP contribution in [0.4, 0.5) is 0 Å². The summed E-state index contributed by atoms with van der Waals surface area (Å²) in [7, 11) is 3.31. The number of benzene rings is 1. The Bertz CT molecular complexity index is 432. The Morgan fingerprint density at radius 3 is 2.89 bits per heavy atom. The van der Waals surface area contributed by atoms with Gasteiger partial charge in [0.25, 0.3) is 0 Å². The fraction of sp³-hybridized carbons (Fsp3) is 0.462. The van der Waals surface area contributed by atoms with E-state index in [1.807, 2.05) is 18.2 Å². The number of nitrogens with one attached hydrogen (secondary N) is 2. The number of ether oxygens (including phenoxy) is 2. The summed E-state index contributed by atoms with van der Waals surface area (Å²) in [5, 5.41) is 6.49. The average molecular weight is 249 g/mol. The van der Waals surface area contributed by atoms with Crippen LogP contribution < -0.4 is 20.1 Å². The molecule has 0 bridgehead atoms. The van der Waals surface area contributed by atoms with Gasteiger partial charge in [-0.15, -0.1) is 0 Å². The number of hydrogen-bond donors (Lipinski definition) is 2. The molecule has 1 aliphatic rings. The van der Waals surface area contributed by atoms with E-state index in [1.165, 1.54) is 0 Å². The van der Waals surface area contributed by atoms with Gasteiger partial charge in [0.15, 0.2) is 5.96 Å². The molecule has 0 aromatic heterocycles. The van der Waals surface area contributed by atoms with Gasteiger partial charge in [-0.3, -0.25) is 4.99 Å². The van der Waals surface area contributed by atoms with Crippen molar-refractivity contribution in [3.63, 3.8) is 0 Å². The first-order chi connectivity index (χ1) is 8.83. The van der Waals surface area contributed by atoms with Gasteiger partial charge in [-0.25, -0.2) is 0 Å². The molecule has 0 radical (unpaired) electrons. The maximum Gasteiger partial charge on any atom is 0.191 e. The minimum Gasteiger partial charge on any atom is -0.497 e. The molecule has 0 atom stereocenters. The van der Waals surface area contributed by atoms with Gasteiger partial charge in [-0.05, 0) is 18.6 Å². The monoisotopic (exact) mass is 249 g/mol. The van der Waals surface area contributed by atoms with Crippen LogP contribution in [0, 0.1) is 0 Å². The fourth-order valence-corrected chi connectivity index (χ4v) is 1.83. The standard InChI is InChI=1S/C13H19N3O2/c1-17-11-5-4-10(12(8-11)18-2)9-16-13-14-6-3-7-15-13/h4-5,8H,3,6-7,9H2,1-2H3,(H2,14,15,16). The van der Waals surface area contributed by atoms with Crippen LogP contribution in [0.2, 0.25) is 0 Å². The first-order valence-electron chi connectivity index (χ1n) is 6.06. The molecular weight excluding hydrogens is 230 g/mol. The Morgan fingerprint density at radius 2 is 2.22 bits per heavy atom. The van der Waals surface area contributed by atoms with Crippen LogP contribution in [-0.4, -0.2) is 33.3 Å². The molecule has 0 aliphatic carbocycles. The number of rotatable bonds is 4. The van der Waals surface area contributed by atoms with E-state index in [0.29, 0.717) is 6.54 Å². The molecule has 1 heterocycles. The smallest absolute Gasteiger partial charge is 0.191 e. The minimum absolute atomic E-state index is 0.680. The molecule has 0 unspecified atom stereocenters. The lowest BCUT2D eigenvalue weighted by molar-refractivity contribution is 0.390. The molecule has 0 spiro atoms. The van der Waals surface area contributed by atoms with Crippen molar-refractivity contribution in [1.29, 1.82) is 0 Å². The van der Waals surface area contributed by atoms with Gasteiger partial charge in [0.2, 0.25) is 0 Å². The molecule has 0 amide bonds. The van der Waals surface area contributed by atoms with Gasteiger partial charge in [-0.1, -0.05) is 0 Å². The van der Waals surface area contributed by atoms with E-state index < -0.39 is 0 Å². The number of nitrogens with zero attached hydrogens (tertiary/aromatic N) is 1. The summed E-state index contributed by atoms with van der Waals surface area (Å²) in [6, 6.07) is 5.80. The molecule has 5 nitrogen and oxygen atoms in total. The summed E-state index contributed by atoms with van der Waals surface area (Å²) in [5.41, 5.74) is 1.08. The number of guanidine groups is 1. The van der Waals surface area contributed by atoms with Gasteiger partial charge < -0.3 is 20.1 Å². The zero-order valence-corrected chi connectivity index (χ0v) is 10.8. The topological polar surface area (TPSA) is 54.9 Å². The molecule has 0 fully saturated rings. The summed E-state index contributed by atoms with van der Waals surface area (Å²) in [6.45, 7) is 2.54. The van der Waals surface area contributed by atoms with Crippen molar-refractivity contribution in [2.75, 3.05) is 27.3 Å². The maximum absolute atomic E-state index is 5.35. The van der Waals surface area contributed by atoms with Crippen LogP contribution in [0.3, 0.4) is 0 Å². The number of methoxy groups -OCH3 is 2. The highest BCUT2D eigenvalue weighted by Crippen LogP contribution is 2.24. The van der Waals surface area contributed by atoms with Crippen molar-refractivity contribution in [2.24, 2.45) is 4.99 Å². The van der Waals surface area contributed by atoms with Crippen LogP contribution in [-0.2, 0) is 6.54 Å². The molecule has 0 saturated carbocycles. The van der Waals surface area contributed by atoms with Gasteiger partial charge in [-0.2, -0.15) is 0 Å². The van der Waals surface area contributed by atoms with E-state index in [4.69, 9.17) is 9.47 Å². The van der Waals surface area contributed by atoms with Crippen molar-refractivity contribution in [3.8, 4) is 11.5 Å². The van der Waals surface area contributed by atoms with E-state index in [1.54, 1.807) is 14.2 Å². The zero-order valence-electron chi connectivity index (χ0n) is 10.8. The van der Waals surface area contributed by atoms with E-state index in [0.717, 1.165) is 42.5 Å². The molecule has 98 valence electrons. The molecule has 1 aliphatic heterocycles. The SMILES string of the molecule is COc1ccc(CNC2=NCCCN2)c(OC)c1. The van der Waals surface area contributed by atoms with E-state index in [-0.39, 0.29) is 0 Å². The Kier molecular flexibility index (Phi) is 4.28. The predicted molar refractivity (Wildman–Crippen MR) is 71.3 cm³/mol. The second kappa shape index (κ2) is 6.14. The third-order valence-electron chi connectivity index (χ3n) is 2.84. The van der Waals surface area contributed by atoms with E-state index in [9.17, 15) is 0 Å². The van der Waals surface area contributed by atoms with Gasteiger partial charge in [0, 0.05) is 31.3 Å². The molecule has 2 rings (SSSR count). The van der Waals surface area contributed by atoms with Crippen molar-refractivity contribution >= 4 is 5.96 Å². The largest absolute Gasteiger partial charge is 0.497 e. The second-order valence-corrected chi connectivity index (χ2v) is 4.04. The van der Waals surface area contributed by atoms with Crippen LogP contribution in [0.15, 0.2) is 23.2 Å². The maximum atomic E-state index is 5.35. The lowest BCUT2D eigenvalue weighted by atomic mass is 10.2. The average Bonchev–Trinajstić information content (AvgIpc) is 2.46. The lowest BCUT2D eigenvalue weighted by Gasteiger charge is -2.17. The van der Waals surface area contributed by atoms with Gasteiger partial charge in [0.05, 0.1) is 14.2 Å². The third-order valence-corrected chi connectivity index (χ3v) is 2.84. The number of aliphatic imine (C=N–C) groups is 1. The summed E-state index contributed by atoms with van der Waals surface area (Å²) in [5.74, 6) is 2.47. The van der Waals surface area contributed by atoms with Crippen LogP contribution >= 0.6 is 0 Å². The number of hydrogen-bond acceptors (Lipinski definition) is 5. The summed E-state index contributed by atoms with van der Waals surface area (Å²) in [6.07, 6.45) is 1.09. The molecule has 1 aromatic rings. The predicted octanol–water partition coefficient (Wildman–Crippen LogP) is 1.14. The molecular formula is C13H19N3O2. The second-order valence-electron chi connectivity index (χ2n) is 4.04. The summed E-state index contributed by atoms with van der Waals surface area (Å²) in [4.78, 5) is 4.36. The normalized spacial score (nSPS) is 14.4. The first-order valence-corrected chi connectivity index (χ1v) is 6.06. The van der Waals surface area contributed by atoms with Crippen molar-refractivity contribution in [2.45, 2.75) is 13.0 Å². The van der Waals surface area contributed by atoms with Crippen molar-refractivity contribution in [3.05, 3.63) is 23.8 Å². The summed E-state index contributed by atoms with van der Waals surface area (Å²) < 4.78 is 10.5. The van der Waals surface area contributed by atoms with Crippen LogP contribution in [0.5, 0.6) is 11.5 Å². The minimum atomic E-state index is 0.680. The molecule has 5 heteroatoms. The van der Waals surface area contributed by atoms with Gasteiger partial charge >= 0.3 is 0 Å². The molecule has 1 aromatic carbocycles. The van der Waals surface area contributed by atoms with Crippen LogP contribution in [0.1, 0.15) is 12.0 Å². The molecule has 2 N–H and O–H groups in total. The Hall–Kier alpha value is -1.91. The third kappa shape index (κ3) is 3.06. The highest BCUT2D eigenvalue weighted by atomic mass is 16.5. The summed E-state index contributed by atoms with van der Waals surface area (Å²) >= 11 is 0. The Labute approximate surface area is 107 Å². The highest BCUT2D eigenvalue weighted by Gasteiger charge is 2.07. The zero-order chi connectivity index (χ0) is 12.8. The first kappa shape index (κ1) is 12.5. The van der Waals surface area contributed by atoms with E-state index >= 15 is 0 Å².